The van der Waals surface area contributed by atoms with Gasteiger partial charge in [0.05, 0.1) is 13.1 Å². The minimum Gasteiger partial charge on any atom is -0.355 e. The number of carbonyl (C=O) groups is 1. The number of nitrogens with one attached hydrogen (secondary N) is 2. The molecule has 1 heterocycles. The number of hydrogen-bond acceptors (Lipinski definition) is 3. The highest BCUT2D eigenvalue weighted by molar-refractivity contribution is 5.86. The van der Waals surface area contributed by atoms with Crippen LogP contribution in [0.3, 0.4) is 0 Å². The van der Waals surface area contributed by atoms with Crippen LogP contribution in [0.5, 0.6) is 0 Å². The van der Waals surface area contributed by atoms with Gasteiger partial charge in [-0.25, -0.2) is 9.38 Å². The second-order valence-corrected chi connectivity index (χ2v) is 6.74. The van der Waals surface area contributed by atoms with Crippen molar-refractivity contribution < 1.29 is 9.18 Å². The van der Waals surface area contributed by atoms with E-state index in [2.05, 4.69) is 27.4 Å². The topological polar surface area (TPSA) is 60.0 Å². The summed E-state index contributed by atoms with van der Waals surface area (Å²) in [7, 11) is 3.45. The van der Waals surface area contributed by atoms with Crippen molar-refractivity contribution in [2.24, 2.45) is 4.99 Å². The Kier molecular flexibility index (Phi) is 7.84. The molecule has 144 valence electrons. The minimum absolute atomic E-state index is 0.0164. The Balaban J connectivity index is 1.96. The second kappa shape index (κ2) is 10.1. The van der Waals surface area contributed by atoms with Gasteiger partial charge in [-0.2, -0.15) is 0 Å². The number of carbonyl (C=O) groups excluding carboxylic acids is 1. The maximum absolute atomic E-state index is 13.0. The fraction of sp³-hybridized carbons (Fsp3) is 0.579. The summed E-state index contributed by atoms with van der Waals surface area (Å²) >= 11 is 0. The number of hydrogen-bond donors (Lipinski definition) is 2. The van der Waals surface area contributed by atoms with Crippen LogP contribution in [0.4, 0.5) is 4.39 Å². The third-order valence-electron chi connectivity index (χ3n) is 4.65. The van der Waals surface area contributed by atoms with E-state index in [0.717, 1.165) is 25.2 Å². The predicted molar refractivity (Wildman–Crippen MR) is 103 cm³/mol. The fourth-order valence-corrected chi connectivity index (χ4v) is 3.01. The van der Waals surface area contributed by atoms with Crippen molar-refractivity contribution in [1.82, 2.24) is 20.4 Å². The summed E-state index contributed by atoms with van der Waals surface area (Å²) < 4.78 is 13.0. The molecule has 1 amide bonds. The standard InChI is InChI=1S/C19H30FN5O/c1-4-25-11-5-6-17(25)13-22-19(23-14-18(26)24(2)3)21-12-15-7-9-16(20)10-8-15/h7-10,17H,4-6,11-14H2,1-3H3,(H2,21,22,23). The van der Waals surface area contributed by atoms with Crippen LogP contribution in [0, 0.1) is 5.82 Å². The summed E-state index contributed by atoms with van der Waals surface area (Å²) in [5.74, 6) is 0.330. The number of rotatable bonds is 7. The first kappa shape index (κ1) is 20.2. The van der Waals surface area contributed by atoms with E-state index in [1.54, 1.807) is 31.1 Å². The van der Waals surface area contributed by atoms with E-state index >= 15 is 0 Å². The molecular weight excluding hydrogens is 333 g/mol. The Morgan fingerprint density at radius 2 is 2.04 bits per heavy atom. The summed E-state index contributed by atoms with van der Waals surface area (Å²) in [5, 5.41) is 6.45. The smallest absolute Gasteiger partial charge is 0.241 e. The molecule has 1 unspecified atom stereocenters. The molecule has 0 spiro atoms. The molecule has 6 nitrogen and oxygen atoms in total. The molecule has 0 aromatic heterocycles. The van der Waals surface area contributed by atoms with Crippen LogP contribution in [-0.4, -0.2) is 68.0 Å². The third-order valence-corrected chi connectivity index (χ3v) is 4.65. The molecule has 1 aliphatic heterocycles. The Hall–Kier alpha value is -2.15. The molecule has 1 aliphatic rings. The molecule has 26 heavy (non-hydrogen) atoms. The number of guanidine groups is 1. The number of aliphatic imine (C=N–C) groups is 1. The van der Waals surface area contributed by atoms with Gasteiger partial charge < -0.3 is 15.5 Å². The average Bonchev–Trinajstić information content (AvgIpc) is 3.09. The number of benzene rings is 1. The first-order valence-electron chi connectivity index (χ1n) is 9.20. The molecule has 1 atom stereocenters. The summed E-state index contributed by atoms with van der Waals surface area (Å²) in [6.45, 7) is 5.76. The lowest BCUT2D eigenvalue weighted by molar-refractivity contribution is -0.127. The molecule has 1 aromatic rings. The lowest BCUT2D eigenvalue weighted by atomic mass is 10.2. The highest BCUT2D eigenvalue weighted by Crippen LogP contribution is 2.15. The van der Waals surface area contributed by atoms with E-state index in [9.17, 15) is 9.18 Å². The Morgan fingerprint density at radius 1 is 1.31 bits per heavy atom. The van der Waals surface area contributed by atoms with Crippen LogP contribution in [0.25, 0.3) is 0 Å². The molecule has 1 aromatic carbocycles. The Labute approximate surface area is 155 Å². The minimum atomic E-state index is -0.258. The van der Waals surface area contributed by atoms with Crippen molar-refractivity contribution in [1.29, 1.82) is 0 Å². The molecule has 0 saturated carbocycles. The molecular formula is C19H30FN5O. The summed E-state index contributed by atoms with van der Waals surface area (Å²) in [6.07, 6.45) is 2.39. The van der Waals surface area contributed by atoms with Crippen LogP contribution in [0.15, 0.2) is 29.3 Å². The largest absolute Gasteiger partial charge is 0.355 e. The van der Waals surface area contributed by atoms with Crippen LogP contribution in [0.1, 0.15) is 25.3 Å². The van der Waals surface area contributed by atoms with Gasteiger partial charge in [0.2, 0.25) is 5.91 Å². The van der Waals surface area contributed by atoms with E-state index in [1.807, 2.05) is 0 Å². The molecule has 0 radical (unpaired) electrons. The van der Waals surface area contributed by atoms with Crippen molar-refractivity contribution in [2.45, 2.75) is 32.4 Å². The van der Waals surface area contributed by atoms with E-state index in [4.69, 9.17) is 0 Å². The molecule has 2 rings (SSSR count). The number of amides is 1. The first-order chi connectivity index (χ1) is 12.5. The van der Waals surface area contributed by atoms with Gasteiger partial charge in [-0.15, -0.1) is 0 Å². The van der Waals surface area contributed by atoms with Gasteiger partial charge in [-0.3, -0.25) is 9.69 Å². The lowest BCUT2D eigenvalue weighted by Crippen LogP contribution is -2.47. The van der Waals surface area contributed by atoms with Crippen molar-refractivity contribution in [3.8, 4) is 0 Å². The molecule has 1 fully saturated rings. The fourth-order valence-electron chi connectivity index (χ4n) is 3.01. The van der Waals surface area contributed by atoms with E-state index < -0.39 is 0 Å². The van der Waals surface area contributed by atoms with Crippen LogP contribution < -0.4 is 10.6 Å². The van der Waals surface area contributed by atoms with Crippen LogP contribution >= 0.6 is 0 Å². The molecule has 7 heteroatoms. The quantitative estimate of drug-likeness (QED) is 0.568. The summed E-state index contributed by atoms with van der Waals surface area (Å²) in [4.78, 5) is 20.4. The maximum atomic E-state index is 13.0. The molecule has 0 aliphatic carbocycles. The van der Waals surface area contributed by atoms with Gasteiger partial charge in [0.15, 0.2) is 5.96 Å². The zero-order valence-electron chi connectivity index (χ0n) is 16.0. The van der Waals surface area contributed by atoms with Crippen LogP contribution in [-0.2, 0) is 11.3 Å². The van der Waals surface area contributed by atoms with Gasteiger partial charge in [-0.05, 0) is 43.6 Å². The number of halogens is 1. The van der Waals surface area contributed by atoms with Gasteiger partial charge in [0.1, 0.15) is 5.82 Å². The van der Waals surface area contributed by atoms with E-state index in [0.29, 0.717) is 18.5 Å². The zero-order chi connectivity index (χ0) is 18.9. The highest BCUT2D eigenvalue weighted by Gasteiger charge is 2.22. The molecule has 2 N–H and O–H groups in total. The molecule has 0 bridgehead atoms. The normalized spacial score (nSPS) is 18.0. The third kappa shape index (κ3) is 6.29. The number of likely N-dealkylation sites (N-methyl/N-ethyl adjacent to an activating group) is 2. The number of likely N-dealkylation sites (tertiary alicyclic amines) is 1. The number of nitrogens with zero attached hydrogens (tertiary/aromatic N) is 3. The van der Waals surface area contributed by atoms with Gasteiger partial charge in [0.25, 0.3) is 0 Å². The van der Waals surface area contributed by atoms with Gasteiger partial charge >= 0.3 is 0 Å². The predicted octanol–water partition coefficient (Wildman–Crippen LogP) is 1.43. The van der Waals surface area contributed by atoms with Gasteiger partial charge in [-0.1, -0.05) is 19.1 Å². The Bertz CT molecular complexity index is 602. The van der Waals surface area contributed by atoms with Crippen molar-refractivity contribution in [3.05, 3.63) is 35.6 Å². The monoisotopic (exact) mass is 363 g/mol. The van der Waals surface area contributed by atoms with E-state index in [-0.39, 0.29) is 18.3 Å². The highest BCUT2D eigenvalue weighted by atomic mass is 19.1. The average molecular weight is 363 g/mol. The molecule has 1 saturated heterocycles. The maximum Gasteiger partial charge on any atom is 0.241 e. The van der Waals surface area contributed by atoms with Crippen molar-refractivity contribution in [2.75, 3.05) is 40.3 Å². The first-order valence-corrected chi connectivity index (χ1v) is 9.20. The zero-order valence-corrected chi connectivity index (χ0v) is 16.0. The van der Waals surface area contributed by atoms with E-state index in [1.165, 1.54) is 25.0 Å². The van der Waals surface area contributed by atoms with Crippen molar-refractivity contribution in [3.63, 3.8) is 0 Å². The van der Waals surface area contributed by atoms with Crippen molar-refractivity contribution >= 4 is 11.9 Å². The SMILES string of the molecule is CCN1CCCC1CNC(=NCc1ccc(F)cc1)NCC(=O)N(C)C. The van der Waals surface area contributed by atoms with Gasteiger partial charge in [0, 0.05) is 26.7 Å². The lowest BCUT2D eigenvalue weighted by Gasteiger charge is -2.24. The Morgan fingerprint density at radius 3 is 2.69 bits per heavy atom. The summed E-state index contributed by atoms with van der Waals surface area (Å²) in [5.41, 5.74) is 0.919. The summed E-state index contributed by atoms with van der Waals surface area (Å²) in [6, 6.07) is 6.79. The van der Waals surface area contributed by atoms with Crippen LogP contribution in [0.2, 0.25) is 0 Å². The second-order valence-electron chi connectivity index (χ2n) is 6.74.